The summed E-state index contributed by atoms with van der Waals surface area (Å²) in [4.78, 5) is 37.0. The number of carbonyl (C=O) groups excluding carboxylic acids is 3. The standard InChI is InChI=1S/C22H28N4O5/c1-22(2,3)30-21(29)24-13-12-23-19(27)14-8-4-6-10-16(14)25-20(28)18-15-9-5-7-11-17(15)31-26-18/h4,6,8,10H,5,7,9,11-13H2,1-3H3,(H,23,27)(H,24,29)(H,25,28). The lowest BCUT2D eigenvalue weighted by Crippen LogP contribution is -2.38. The number of alkyl carbamates (subject to hydrolysis) is 1. The van der Waals surface area contributed by atoms with Crippen LogP contribution in [0, 0.1) is 0 Å². The molecule has 0 unspecified atom stereocenters. The summed E-state index contributed by atoms with van der Waals surface area (Å²) in [6.45, 7) is 5.73. The molecule has 0 fully saturated rings. The van der Waals surface area contributed by atoms with Gasteiger partial charge >= 0.3 is 6.09 Å². The van der Waals surface area contributed by atoms with Gasteiger partial charge in [-0.3, -0.25) is 9.59 Å². The Bertz CT molecular complexity index is 961. The summed E-state index contributed by atoms with van der Waals surface area (Å²) in [7, 11) is 0. The molecular weight excluding hydrogens is 400 g/mol. The van der Waals surface area contributed by atoms with Crippen LogP contribution in [0.2, 0.25) is 0 Å². The molecule has 9 nitrogen and oxygen atoms in total. The van der Waals surface area contributed by atoms with Gasteiger partial charge in [-0.1, -0.05) is 17.3 Å². The van der Waals surface area contributed by atoms with Crippen LogP contribution in [0.15, 0.2) is 28.8 Å². The van der Waals surface area contributed by atoms with Crippen LogP contribution < -0.4 is 16.0 Å². The molecule has 3 amide bonds. The smallest absolute Gasteiger partial charge is 0.407 e. The zero-order chi connectivity index (χ0) is 22.4. The number of aryl methyl sites for hydroxylation is 1. The van der Waals surface area contributed by atoms with E-state index in [0.717, 1.165) is 37.0 Å². The topological polar surface area (TPSA) is 123 Å². The van der Waals surface area contributed by atoms with Crippen LogP contribution in [0.3, 0.4) is 0 Å². The Morgan fingerprint density at radius 1 is 1.03 bits per heavy atom. The average Bonchev–Trinajstić information content (AvgIpc) is 3.14. The van der Waals surface area contributed by atoms with Crippen LogP contribution in [-0.4, -0.2) is 41.8 Å². The van der Waals surface area contributed by atoms with Gasteiger partial charge in [0.1, 0.15) is 11.4 Å². The Labute approximate surface area is 180 Å². The monoisotopic (exact) mass is 428 g/mol. The van der Waals surface area contributed by atoms with E-state index in [4.69, 9.17) is 9.26 Å². The molecule has 1 aliphatic carbocycles. The highest BCUT2D eigenvalue weighted by Gasteiger charge is 2.25. The molecule has 1 aromatic carbocycles. The van der Waals surface area contributed by atoms with Crippen molar-refractivity contribution in [3.05, 3.63) is 46.8 Å². The van der Waals surface area contributed by atoms with Crippen LogP contribution in [0.1, 0.15) is 65.8 Å². The maximum Gasteiger partial charge on any atom is 0.407 e. The minimum Gasteiger partial charge on any atom is -0.444 e. The molecule has 0 bridgehead atoms. The van der Waals surface area contributed by atoms with E-state index >= 15 is 0 Å². The normalized spacial score (nSPS) is 13.1. The van der Waals surface area contributed by atoms with Gasteiger partial charge in [-0.2, -0.15) is 0 Å². The van der Waals surface area contributed by atoms with Gasteiger partial charge in [0.05, 0.1) is 11.3 Å². The molecular formula is C22H28N4O5. The lowest BCUT2D eigenvalue weighted by atomic mass is 9.96. The predicted octanol–water partition coefficient (Wildman–Crippen LogP) is 3.06. The van der Waals surface area contributed by atoms with Crippen molar-refractivity contribution in [2.75, 3.05) is 18.4 Å². The molecule has 0 saturated heterocycles. The van der Waals surface area contributed by atoms with Crippen molar-refractivity contribution in [3.63, 3.8) is 0 Å². The van der Waals surface area contributed by atoms with E-state index in [1.807, 2.05) is 0 Å². The molecule has 0 saturated carbocycles. The third-order valence-corrected chi connectivity index (χ3v) is 4.66. The first-order valence-electron chi connectivity index (χ1n) is 10.4. The van der Waals surface area contributed by atoms with E-state index in [2.05, 4.69) is 21.1 Å². The van der Waals surface area contributed by atoms with Crippen molar-refractivity contribution in [1.29, 1.82) is 0 Å². The zero-order valence-electron chi connectivity index (χ0n) is 18.0. The van der Waals surface area contributed by atoms with Crippen LogP contribution >= 0.6 is 0 Å². The summed E-state index contributed by atoms with van der Waals surface area (Å²) >= 11 is 0. The number of nitrogens with one attached hydrogen (secondary N) is 3. The van der Waals surface area contributed by atoms with Gasteiger partial charge in [0.2, 0.25) is 0 Å². The van der Waals surface area contributed by atoms with E-state index in [0.29, 0.717) is 11.3 Å². The molecule has 1 aromatic heterocycles. The number of hydrogen-bond donors (Lipinski definition) is 3. The molecule has 1 heterocycles. The highest BCUT2D eigenvalue weighted by atomic mass is 16.6. The van der Waals surface area contributed by atoms with Gasteiger partial charge < -0.3 is 25.2 Å². The fraction of sp³-hybridized carbons (Fsp3) is 0.455. The first-order valence-corrected chi connectivity index (χ1v) is 10.4. The largest absolute Gasteiger partial charge is 0.444 e. The van der Waals surface area contributed by atoms with Crippen molar-refractivity contribution in [2.45, 2.75) is 52.1 Å². The molecule has 3 rings (SSSR count). The lowest BCUT2D eigenvalue weighted by molar-refractivity contribution is 0.0526. The van der Waals surface area contributed by atoms with Gasteiger partial charge in [-0.25, -0.2) is 4.79 Å². The summed E-state index contributed by atoms with van der Waals surface area (Å²) in [5, 5.41) is 12.0. The summed E-state index contributed by atoms with van der Waals surface area (Å²) < 4.78 is 10.4. The predicted molar refractivity (Wildman–Crippen MR) is 114 cm³/mol. The first-order chi connectivity index (χ1) is 14.7. The summed E-state index contributed by atoms with van der Waals surface area (Å²) in [5.74, 6) is -0.0114. The number of aromatic nitrogens is 1. The minimum atomic E-state index is -0.590. The molecule has 0 spiro atoms. The number of para-hydroxylation sites is 1. The van der Waals surface area contributed by atoms with Crippen LogP contribution in [0.25, 0.3) is 0 Å². The molecule has 31 heavy (non-hydrogen) atoms. The van der Waals surface area contributed by atoms with Crippen molar-refractivity contribution in [2.24, 2.45) is 0 Å². The molecule has 166 valence electrons. The fourth-order valence-electron chi connectivity index (χ4n) is 3.28. The highest BCUT2D eigenvalue weighted by molar-refractivity contribution is 6.08. The van der Waals surface area contributed by atoms with Crippen LogP contribution in [0.4, 0.5) is 10.5 Å². The maximum atomic E-state index is 12.7. The number of ether oxygens (including phenoxy) is 1. The van der Waals surface area contributed by atoms with Crippen molar-refractivity contribution in [1.82, 2.24) is 15.8 Å². The van der Waals surface area contributed by atoms with E-state index in [-0.39, 0.29) is 24.7 Å². The molecule has 2 aromatic rings. The van der Waals surface area contributed by atoms with Crippen LogP contribution in [0.5, 0.6) is 0 Å². The number of hydrogen-bond acceptors (Lipinski definition) is 6. The minimum absolute atomic E-state index is 0.206. The number of anilines is 1. The second-order valence-corrected chi connectivity index (χ2v) is 8.32. The number of nitrogens with zero attached hydrogens (tertiary/aromatic N) is 1. The molecule has 9 heteroatoms. The third-order valence-electron chi connectivity index (χ3n) is 4.66. The molecule has 3 N–H and O–H groups in total. The maximum absolute atomic E-state index is 12.7. The summed E-state index contributed by atoms with van der Waals surface area (Å²) in [5.41, 5.74) is 1.21. The van der Waals surface area contributed by atoms with Gasteiger partial charge in [-0.15, -0.1) is 0 Å². The van der Waals surface area contributed by atoms with Gasteiger partial charge in [0.25, 0.3) is 11.8 Å². The lowest BCUT2D eigenvalue weighted by Gasteiger charge is -2.19. The van der Waals surface area contributed by atoms with Gasteiger partial charge in [-0.05, 0) is 52.2 Å². The number of rotatable bonds is 6. The average molecular weight is 428 g/mol. The number of carbonyl (C=O) groups is 3. The number of amides is 3. The van der Waals surface area contributed by atoms with E-state index in [1.54, 1.807) is 45.0 Å². The Kier molecular flexibility index (Phi) is 6.94. The van der Waals surface area contributed by atoms with E-state index in [9.17, 15) is 14.4 Å². The Hall–Kier alpha value is -3.36. The van der Waals surface area contributed by atoms with Gasteiger partial charge in [0.15, 0.2) is 5.69 Å². The second kappa shape index (κ2) is 9.63. The van der Waals surface area contributed by atoms with E-state index in [1.165, 1.54) is 0 Å². The summed E-state index contributed by atoms with van der Waals surface area (Å²) in [6, 6.07) is 6.71. The molecule has 1 aliphatic rings. The molecule has 0 aliphatic heterocycles. The molecule has 0 atom stereocenters. The summed E-state index contributed by atoms with van der Waals surface area (Å²) in [6.07, 6.45) is 3.01. The fourth-order valence-corrected chi connectivity index (χ4v) is 3.28. The molecule has 0 radical (unpaired) electrons. The van der Waals surface area contributed by atoms with Crippen molar-refractivity contribution in [3.8, 4) is 0 Å². The van der Waals surface area contributed by atoms with Crippen LogP contribution in [-0.2, 0) is 17.6 Å². The van der Waals surface area contributed by atoms with Gasteiger partial charge in [0, 0.05) is 25.1 Å². The zero-order valence-corrected chi connectivity index (χ0v) is 18.0. The first kappa shape index (κ1) is 22.3. The number of fused-ring (bicyclic) bond motifs is 1. The Morgan fingerprint density at radius 2 is 1.74 bits per heavy atom. The quantitative estimate of drug-likeness (QED) is 0.608. The highest BCUT2D eigenvalue weighted by Crippen LogP contribution is 2.25. The van der Waals surface area contributed by atoms with Crippen molar-refractivity contribution >= 4 is 23.6 Å². The second-order valence-electron chi connectivity index (χ2n) is 8.32. The third kappa shape index (κ3) is 6.07. The number of benzene rings is 1. The SMILES string of the molecule is CC(C)(C)OC(=O)NCCNC(=O)c1ccccc1NC(=O)c1noc2c1CCCC2. The van der Waals surface area contributed by atoms with E-state index < -0.39 is 17.6 Å². The Morgan fingerprint density at radius 3 is 2.52 bits per heavy atom. The Balaban J connectivity index is 1.57. The van der Waals surface area contributed by atoms with Crippen molar-refractivity contribution < 1.29 is 23.6 Å².